The van der Waals surface area contributed by atoms with E-state index < -0.39 is 0 Å². The lowest BCUT2D eigenvalue weighted by Crippen LogP contribution is -2.38. The van der Waals surface area contributed by atoms with Gasteiger partial charge in [-0.15, -0.1) is 0 Å². The maximum absolute atomic E-state index is 6.11. The molecule has 1 aromatic rings. The molecule has 104 valence electrons. The number of rotatable bonds is 2. The van der Waals surface area contributed by atoms with Gasteiger partial charge in [-0.1, -0.05) is 0 Å². The quantitative estimate of drug-likeness (QED) is 0.875. The summed E-state index contributed by atoms with van der Waals surface area (Å²) in [7, 11) is 1.74. The minimum Gasteiger partial charge on any atom is -0.381 e. The highest BCUT2D eigenvalue weighted by Gasteiger charge is 2.38. The maximum atomic E-state index is 6.11. The Morgan fingerprint density at radius 2 is 2.21 bits per heavy atom. The highest BCUT2D eigenvalue weighted by atomic mass is 16.5. The zero-order valence-electron chi connectivity index (χ0n) is 11.4. The molecule has 0 amide bonds. The lowest BCUT2D eigenvalue weighted by Gasteiger charge is -2.35. The lowest BCUT2D eigenvalue weighted by atomic mass is 9.90. The van der Waals surface area contributed by atoms with Crippen molar-refractivity contribution >= 4 is 0 Å². The predicted molar refractivity (Wildman–Crippen MR) is 70.6 cm³/mol. The van der Waals surface area contributed by atoms with Gasteiger partial charge in [0.05, 0.1) is 0 Å². The minimum atomic E-state index is -0.380. The van der Waals surface area contributed by atoms with E-state index in [0.717, 1.165) is 49.2 Å². The van der Waals surface area contributed by atoms with E-state index in [1.807, 2.05) is 6.20 Å². The van der Waals surface area contributed by atoms with Crippen molar-refractivity contribution in [2.24, 2.45) is 5.73 Å². The molecule has 2 heterocycles. The van der Waals surface area contributed by atoms with Crippen LogP contribution in [0, 0.1) is 0 Å². The summed E-state index contributed by atoms with van der Waals surface area (Å²) in [5, 5.41) is 0. The average molecular weight is 263 g/mol. The second-order valence-electron chi connectivity index (χ2n) is 5.41. The number of ether oxygens (including phenoxy) is 2. The summed E-state index contributed by atoms with van der Waals surface area (Å²) in [6.45, 7) is 1.40. The van der Waals surface area contributed by atoms with Gasteiger partial charge in [0, 0.05) is 56.7 Å². The van der Waals surface area contributed by atoms with Gasteiger partial charge in [0.2, 0.25) is 0 Å². The Morgan fingerprint density at radius 1 is 1.42 bits per heavy atom. The van der Waals surface area contributed by atoms with Gasteiger partial charge in [0.1, 0.15) is 5.60 Å². The summed E-state index contributed by atoms with van der Waals surface area (Å²) in [5.74, 6) is 0.797. The van der Waals surface area contributed by atoms with Gasteiger partial charge >= 0.3 is 0 Å². The van der Waals surface area contributed by atoms with Crippen molar-refractivity contribution in [2.45, 2.75) is 43.7 Å². The van der Waals surface area contributed by atoms with Crippen LogP contribution in [0.3, 0.4) is 0 Å². The standard InChI is InChI=1S/C14H21N3O2/c1-18-14(5-7-19-8-6-14)13-16-9-10-11(15)3-2-4-12(10)17-13/h9,11H,2-8,15H2,1H3. The SMILES string of the molecule is COC1(c2ncc3c(n2)CCCC3N)CCOCC1. The van der Waals surface area contributed by atoms with Gasteiger partial charge in [-0.25, -0.2) is 9.97 Å². The normalized spacial score (nSPS) is 25.9. The van der Waals surface area contributed by atoms with Crippen molar-refractivity contribution in [1.82, 2.24) is 9.97 Å². The van der Waals surface area contributed by atoms with Crippen LogP contribution in [0.5, 0.6) is 0 Å². The molecule has 3 rings (SSSR count). The Hall–Kier alpha value is -1.04. The van der Waals surface area contributed by atoms with Gasteiger partial charge < -0.3 is 15.2 Å². The zero-order valence-corrected chi connectivity index (χ0v) is 11.4. The smallest absolute Gasteiger partial charge is 0.160 e. The number of nitrogens with two attached hydrogens (primary N) is 1. The first-order chi connectivity index (χ1) is 9.25. The second-order valence-corrected chi connectivity index (χ2v) is 5.41. The fourth-order valence-electron chi connectivity index (χ4n) is 3.02. The molecule has 5 nitrogen and oxygen atoms in total. The Bertz CT molecular complexity index is 458. The van der Waals surface area contributed by atoms with Crippen molar-refractivity contribution in [1.29, 1.82) is 0 Å². The Morgan fingerprint density at radius 3 is 2.95 bits per heavy atom. The largest absolute Gasteiger partial charge is 0.381 e. The molecule has 1 unspecified atom stereocenters. The number of fused-ring (bicyclic) bond motifs is 1. The summed E-state index contributed by atoms with van der Waals surface area (Å²) in [4.78, 5) is 9.30. The van der Waals surface area contributed by atoms with E-state index >= 15 is 0 Å². The fraction of sp³-hybridized carbons (Fsp3) is 0.714. The fourth-order valence-corrected chi connectivity index (χ4v) is 3.02. The van der Waals surface area contributed by atoms with Gasteiger partial charge in [0.25, 0.3) is 0 Å². The third kappa shape index (κ3) is 2.26. The first-order valence-corrected chi connectivity index (χ1v) is 7.00. The number of aryl methyl sites for hydroxylation is 1. The predicted octanol–water partition coefficient (Wildman–Crippen LogP) is 1.46. The van der Waals surface area contributed by atoms with Crippen molar-refractivity contribution < 1.29 is 9.47 Å². The molecule has 1 aliphatic heterocycles. The van der Waals surface area contributed by atoms with E-state index in [9.17, 15) is 0 Å². The molecular formula is C14H21N3O2. The van der Waals surface area contributed by atoms with Gasteiger partial charge in [0.15, 0.2) is 5.82 Å². The summed E-state index contributed by atoms with van der Waals surface area (Å²) >= 11 is 0. The van der Waals surface area contributed by atoms with Gasteiger partial charge in [-0.2, -0.15) is 0 Å². The molecule has 0 spiro atoms. The van der Waals surface area contributed by atoms with E-state index in [4.69, 9.17) is 20.2 Å². The molecule has 1 atom stereocenters. The van der Waals surface area contributed by atoms with Crippen molar-refractivity contribution in [3.63, 3.8) is 0 Å². The van der Waals surface area contributed by atoms with E-state index in [1.54, 1.807) is 7.11 Å². The zero-order chi connectivity index (χ0) is 13.3. The van der Waals surface area contributed by atoms with Gasteiger partial charge in [-0.05, 0) is 19.3 Å². The van der Waals surface area contributed by atoms with Crippen LogP contribution in [0.4, 0.5) is 0 Å². The Balaban J connectivity index is 1.96. The summed E-state index contributed by atoms with van der Waals surface area (Å²) in [5.41, 5.74) is 7.94. The highest BCUT2D eigenvalue weighted by Crippen LogP contribution is 2.35. The number of aromatic nitrogens is 2. The van der Waals surface area contributed by atoms with Crippen LogP contribution in [0.2, 0.25) is 0 Å². The Labute approximate surface area is 113 Å². The van der Waals surface area contributed by atoms with E-state index in [-0.39, 0.29) is 11.6 Å². The first-order valence-electron chi connectivity index (χ1n) is 7.00. The van der Waals surface area contributed by atoms with E-state index in [1.165, 1.54) is 0 Å². The molecule has 5 heteroatoms. The molecule has 1 fully saturated rings. The molecule has 1 aromatic heterocycles. The monoisotopic (exact) mass is 263 g/mol. The molecule has 0 radical (unpaired) electrons. The van der Waals surface area contributed by atoms with Crippen molar-refractivity contribution in [3.05, 3.63) is 23.3 Å². The van der Waals surface area contributed by atoms with Crippen molar-refractivity contribution in [2.75, 3.05) is 20.3 Å². The number of methoxy groups -OCH3 is 1. The molecule has 2 N–H and O–H groups in total. The molecule has 19 heavy (non-hydrogen) atoms. The summed E-state index contributed by atoms with van der Waals surface area (Å²) in [6, 6.07) is 0.0889. The topological polar surface area (TPSA) is 70.3 Å². The lowest BCUT2D eigenvalue weighted by molar-refractivity contribution is -0.100. The summed E-state index contributed by atoms with van der Waals surface area (Å²) < 4.78 is 11.2. The van der Waals surface area contributed by atoms with E-state index in [2.05, 4.69) is 4.98 Å². The molecule has 0 saturated carbocycles. The van der Waals surface area contributed by atoms with Crippen LogP contribution in [0.25, 0.3) is 0 Å². The Kier molecular flexibility index (Phi) is 3.52. The van der Waals surface area contributed by atoms with Crippen LogP contribution in [-0.2, 0) is 21.5 Å². The van der Waals surface area contributed by atoms with Crippen LogP contribution in [0.15, 0.2) is 6.20 Å². The average Bonchev–Trinajstić information content (AvgIpc) is 2.48. The van der Waals surface area contributed by atoms with Crippen molar-refractivity contribution in [3.8, 4) is 0 Å². The van der Waals surface area contributed by atoms with Crippen LogP contribution in [0.1, 0.15) is 48.8 Å². The maximum Gasteiger partial charge on any atom is 0.160 e. The highest BCUT2D eigenvalue weighted by molar-refractivity contribution is 5.25. The molecule has 0 bridgehead atoms. The van der Waals surface area contributed by atoms with Crippen LogP contribution >= 0.6 is 0 Å². The van der Waals surface area contributed by atoms with E-state index in [0.29, 0.717) is 13.2 Å². The molecule has 1 aliphatic carbocycles. The molecule has 2 aliphatic rings. The number of hydrogen-bond acceptors (Lipinski definition) is 5. The van der Waals surface area contributed by atoms with Crippen LogP contribution in [-0.4, -0.2) is 30.3 Å². The first kappa shape index (κ1) is 13.0. The summed E-state index contributed by atoms with van der Waals surface area (Å²) in [6.07, 6.45) is 6.65. The molecular weight excluding hydrogens is 242 g/mol. The number of nitrogens with zero attached hydrogens (tertiary/aromatic N) is 2. The second kappa shape index (κ2) is 5.15. The third-order valence-electron chi connectivity index (χ3n) is 4.33. The molecule has 0 aromatic carbocycles. The third-order valence-corrected chi connectivity index (χ3v) is 4.33. The van der Waals surface area contributed by atoms with Gasteiger partial charge in [-0.3, -0.25) is 0 Å². The number of hydrogen-bond donors (Lipinski definition) is 1. The molecule has 1 saturated heterocycles. The van der Waals surface area contributed by atoms with Crippen LogP contribution < -0.4 is 5.73 Å². The minimum absolute atomic E-state index is 0.0889.